The third-order valence-corrected chi connectivity index (χ3v) is 4.70. The van der Waals surface area contributed by atoms with Gasteiger partial charge in [0.25, 0.3) is 0 Å². The smallest absolute Gasteiger partial charge is 0.241 e. The van der Waals surface area contributed by atoms with Gasteiger partial charge in [0.05, 0.1) is 4.90 Å². The van der Waals surface area contributed by atoms with Crippen LogP contribution in [0.3, 0.4) is 0 Å². The van der Waals surface area contributed by atoms with Gasteiger partial charge in [-0.05, 0) is 38.0 Å². The number of carbonyl (C=O) groups is 1. The van der Waals surface area contributed by atoms with E-state index in [0.717, 1.165) is 5.56 Å². The van der Waals surface area contributed by atoms with Gasteiger partial charge in [0.2, 0.25) is 15.9 Å². The standard InChI is InChI=1S/C13H21N3O3S/c1-4-11(14)9-6-5-7-10(8-9)20(18,19)16-13(2,3)12(15)17/h5-8,11,16H,4,14H2,1-3H3,(H2,15,17). The SMILES string of the molecule is CCC(N)c1cccc(S(=O)(=O)NC(C)(C)C(N)=O)c1. The lowest BCUT2D eigenvalue weighted by Crippen LogP contribution is -2.52. The van der Waals surface area contributed by atoms with Crippen LogP contribution in [0.15, 0.2) is 29.2 Å². The predicted octanol–water partition coefficient (Wildman–Crippen LogP) is 0.639. The highest BCUT2D eigenvalue weighted by atomic mass is 32.2. The Morgan fingerprint density at radius 2 is 2.00 bits per heavy atom. The number of benzene rings is 1. The molecule has 5 N–H and O–H groups in total. The maximum Gasteiger partial charge on any atom is 0.241 e. The minimum absolute atomic E-state index is 0.0632. The minimum atomic E-state index is -3.83. The molecular weight excluding hydrogens is 278 g/mol. The Morgan fingerprint density at radius 3 is 2.50 bits per heavy atom. The second-order valence-electron chi connectivity index (χ2n) is 5.18. The van der Waals surface area contributed by atoms with E-state index >= 15 is 0 Å². The molecule has 1 atom stereocenters. The summed E-state index contributed by atoms with van der Waals surface area (Å²) in [6.07, 6.45) is 0.698. The van der Waals surface area contributed by atoms with Crippen molar-refractivity contribution in [1.82, 2.24) is 4.72 Å². The van der Waals surface area contributed by atoms with Gasteiger partial charge >= 0.3 is 0 Å². The molecule has 112 valence electrons. The van der Waals surface area contributed by atoms with E-state index in [1.807, 2.05) is 6.92 Å². The number of hydrogen-bond donors (Lipinski definition) is 3. The van der Waals surface area contributed by atoms with Crippen LogP contribution in [0.25, 0.3) is 0 Å². The molecule has 0 aliphatic heterocycles. The first-order valence-electron chi connectivity index (χ1n) is 6.29. The summed E-state index contributed by atoms with van der Waals surface area (Å²) in [5, 5.41) is 0. The van der Waals surface area contributed by atoms with Crippen molar-refractivity contribution < 1.29 is 13.2 Å². The molecular formula is C13H21N3O3S. The fourth-order valence-electron chi connectivity index (χ4n) is 1.59. The van der Waals surface area contributed by atoms with E-state index in [2.05, 4.69) is 4.72 Å². The van der Waals surface area contributed by atoms with Gasteiger partial charge in [0.15, 0.2) is 0 Å². The van der Waals surface area contributed by atoms with E-state index in [9.17, 15) is 13.2 Å². The molecule has 1 aromatic carbocycles. The molecule has 1 rings (SSSR count). The largest absolute Gasteiger partial charge is 0.368 e. The van der Waals surface area contributed by atoms with Crippen LogP contribution >= 0.6 is 0 Å². The fraction of sp³-hybridized carbons (Fsp3) is 0.462. The van der Waals surface area contributed by atoms with Gasteiger partial charge in [0.1, 0.15) is 5.54 Å². The van der Waals surface area contributed by atoms with E-state index in [4.69, 9.17) is 11.5 Å². The van der Waals surface area contributed by atoms with Crippen molar-refractivity contribution >= 4 is 15.9 Å². The minimum Gasteiger partial charge on any atom is -0.368 e. The summed E-state index contributed by atoms with van der Waals surface area (Å²) in [4.78, 5) is 11.3. The van der Waals surface area contributed by atoms with E-state index < -0.39 is 21.5 Å². The van der Waals surface area contributed by atoms with Crippen molar-refractivity contribution in [2.24, 2.45) is 11.5 Å². The molecule has 0 heterocycles. The van der Waals surface area contributed by atoms with Crippen LogP contribution in [0, 0.1) is 0 Å². The van der Waals surface area contributed by atoms with E-state index in [-0.39, 0.29) is 10.9 Å². The molecule has 0 radical (unpaired) electrons. The number of nitrogens with one attached hydrogen (secondary N) is 1. The Morgan fingerprint density at radius 1 is 1.40 bits per heavy atom. The maximum atomic E-state index is 12.3. The second kappa shape index (κ2) is 5.90. The molecule has 0 aliphatic rings. The van der Waals surface area contributed by atoms with E-state index in [1.54, 1.807) is 12.1 Å². The number of nitrogens with two attached hydrogens (primary N) is 2. The van der Waals surface area contributed by atoms with Gasteiger partial charge in [-0.3, -0.25) is 4.79 Å². The molecule has 20 heavy (non-hydrogen) atoms. The monoisotopic (exact) mass is 299 g/mol. The molecule has 0 saturated heterocycles. The zero-order valence-electron chi connectivity index (χ0n) is 11.9. The summed E-state index contributed by atoms with van der Waals surface area (Å²) in [6.45, 7) is 4.74. The molecule has 0 aliphatic carbocycles. The summed E-state index contributed by atoms with van der Waals surface area (Å²) in [7, 11) is -3.83. The highest BCUT2D eigenvalue weighted by molar-refractivity contribution is 7.89. The highest BCUT2D eigenvalue weighted by Gasteiger charge is 2.31. The first kappa shape index (κ1) is 16.6. The molecule has 1 amide bonds. The molecule has 0 fully saturated rings. The Balaban J connectivity index is 3.14. The van der Waals surface area contributed by atoms with Crippen LogP contribution in [0.5, 0.6) is 0 Å². The maximum absolute atomic E-state index is 12.3. The Bertz CT molecular complexity index is 597. The van der Waals surface area contributed by atoms with Crippen molar-refractivity contribution in [2.75, 3.05) is 0 Å². The molecule has 0 bridgehead atoms. The molecule has 7 heteroatoms. The van der Waals surface area contributed by atoms with Crippen molar-refractivity contribution in [2.45, 2.75) is 43.7 Å². The second-order valence-corrected chi connectivity index (χ2v) is 6.86. The van der Waals surface area contributed by atoms with Gasteiger partial charge in [-0.25, -0.2) is 8.42 Å². The lowest BCUT2D eigenvalue weighted by Gasteiger charge is -2.22. The predicted molar refractivity (Wildman–Crippen MR) is 77.3 cm³/mol. The summed E-state index contributed by atoms with van der Waals surface area (Å²) in [5.74, 6) is -0.748. The lowest BCUT2D eigenvalue weighted by atomic mass is 10.1. The number of amides is 1. The summed E-state index contributed by atoms with van der Waals surface area (Å²) in [6, 6.07) is 6.12. The van der Waals surface area contributed by atoms with Crippen molar-refractivity contribution in [3.05, 3.63) is 29.8 Å². The third kappa shape index (κ3) is 3.78. The first-order valence-corrected chi connectivity index (χ1v) is 7.78. The lowest BCUT2D eigenvalue weighted by molar-refractivity contribution is -0.122. The van der Waals surface area contributed by atoms with Crippen molar-refractivity contribution in [1.29, 1.82) is 0 Å². The molecule has 1 aromatic rings. The van der Waals surface area contributed by atoms with Crippen molar-refractivity contribution in [3.63, 3.8) is 0 Å². The van der Waals surface area contributed by atoms with Crippen LogP contribution in [0.4, 0.5) is 0 Å². The zero-order chi connectivity index (χ0) is 15.6. The number of hydrogen-bond acceptors (Lipinski definition) is 4. The average molecular weight is 299 g/mol. The molecule has 6 nitrogen and oxygen atoms in total. The fourth-order valence-corrected chi connectivity index (χ4v) is 3.03. The topological polar surface area (TPSA) is 115 Å². The molecule has 1 unspecified atom stereocenters. The Hall–Kier alpha value is -1.44. The number of carbonyl (C=O) groups excluding carboxylic acids is 1. The summed E-state index contributed by atoms with van der Waals surface area (Å²) in [5.41, 5.74) is 10.4. The van der Waals surface area contributed by atoms with Crippen molar-refractivity contribution in [3.8, 4) is 0 Å². The number of rotatable bonds is 6. The molecule has 0 aromatic heterocycles. The first-order chi connectivity index (χ1) is 9.10. The van der Waals surface area contributed by atoms with Crippen LogP contribution in [0.1, 0.15) is 38.8 Å². The van der Waals surface area contributed by atoms with Gasteiger partial charge in [0, 0.05) is 6.04 Å². The number of sulfonamides is 1. The average Bonchev–Trinajstić information content (AvgIpc) is 2.36. The van der Waals surface area contributed by atoms with Crippen LogP contribution < -0.4 is 16.2 Å². The van der Waals surface area contributed by atoms with Crippen LogP contribution in [0.2, 0.25) is 0 Å². The molecule has 0 spiro atoms. The highest BCUT2D eigenvalue weighted by Crippen LogP contribution is 2.19. The van der Waals surface area contributed by atoms with Crippen LogP contribution in [-0.2, 0) is 14.8 Å². The van der Waals surface area contributed by atoms with Gasteiger partial charge < -0.3 is 11.5 Å². The van der Waals surface area contributed by atoms with E-state index in [1.165, 1.54) is 26.0 Å². The van der Waals surface area contributed by atoms with Crippen LogP contribution in [-0.4, -0.2) is 19.9 Å². The van der Waals surface area contributed by atoms with Gasteiger partial charge in [-0.15, -0.1) is 0 Å². The number of primary amides is 1. The van der Waals surface area contributed by atoms with Gasteiger partial charge in [-0.2, -0.15) is 4.72 Å². The zero-order valence-corrected chi connectivity index (χ0v) is 12.7. The summed E-state index contributed by atoms with van der Waals surface area (Å²) < 4.78 is 26.8. The summed E-state index contributed by atoms with van der Waals surface area (Å²) >= 11 is 0. The Kier molecular flexibility index (Phi) is 4.90. The third-order valence-electron chi connectivity index (χ3n) is 3.04. The van der Waals surface area contributed by atoms with Gasteiger partial charge in [-0.1, -0.05) is 19.1 Å². The normalized spacial score (nSPS) is 14.0. The Labute approximate surface area is 119 Å². The molecule has 0 saturated carbocycles. The van der Waals surface area contributed by atoms with E-state index in [0.29, 0.717) is 6.42 Å². The quantitative estimate of drug-likeness (QED) is 0.714.